The Morgan fingerprint density at radius 2 is 2.00 bits per heavy atom. The Hall–Kier alpha value is -1.89. The van der Waals surface area contributed by atoms with E-state index in [2.05, 4.69) is 9.98 Å². The van der Waals surface area contributed by atoms with E-state index in [4.69, 9.17) is 4.74 Å². The van der Waals surface area contributed by atoms with Crippen molar-refractivity contribution in [2.75, 3.05) is 7.11 Å². The molecule has 0 aliphatic carbocycles. The molecule has 0 atom stereocenters. The first-order valence-corrected chi connectivity index (χ1v) is 6.55. The summed E-state index contributed by atoms with van der Waals surface area (Å²) in [7, 11) is 5.11. The van der Waals surface area contributed by atoms with E-state index in [-0.39, 0.29) is 4.87 Å². The highest BCUT2D eigenvalue weighted by molar-refractivity contribution is 7.06. The molecule has 19 heavy (non-hydrogen) atoms. The molecule has 6 nitrogen and oxygen atoms in total. The maximum absolute atomic E-state index is 11.6. The van der Waals surface area contributed by atoms with Gasteiger partial charge in [-0.15, -0.1) is 0 Å². The molecule has 0 aliphatic rings. The normalized spacial score (nSPS) is 11.9. The Kier molecular flexibility index (Phi) is 3.57. The van der Waals surface area contributed by atoms with Gasteiger partial charge in [0.05, 0.1) is 12.8 Å². The van der Waals surface area contributed by atoms with Crippen molar-refractivity contribution in [2.45, 2.75) is 13.8 Å². The molecule has 2 aromatic rings. The van der Waals surface area contributed by atoms with E-state index >= 15 is 0 Å². The molecule has 0 bridgehead atoms. The van der Waals surface area contributed by atoms with Crippen LogP contribution in [0.25, 0.3) is 0 Å². The van der Waals surface area contributed by atoms with E-state index in [0.29, 0.717) is 10.6 Å². The Morgan fingerprint density at radius 1 is 1.32 bits per heavy atom. The predicted octanol–water partition coefficient (Wildman–Crippen LogP) is 1.04. The van der Waals surface area contributed by atoms with Gasteiger partial charge < -0.3 is 4.74 Å². The van der Waals surface area contributed by atoms with Gasteiger partial charge in [-0.2, -0.15) is 4.99 Å². The van der Waals surface area contributed by atoms with E-state index in [0.717, 1.165) is 28.3 Å². The highest BCUT2D eigenvalue weighted by Gasteiger charge is 2.07. The molecular formula is C12H16N4O2S. The SMILES string of the molecule is COc1cc(C)c(N=c2sc(=O)n(C)n2C)nc1C. The van der Waals surface area contributed by atoms with Gasteiger partial charge in [0.15, 0.2) is 5.82 Å². The molecule has 0 aliphatic heterocycles. The summed E-state index contributed by atoms with van der Waals surface area (Å²) in [4.78, 5) is 21.0. The lowest BCUT2D eigenvalue weighted by Crippen LogP contribution is -2.21. The van der Waals surface area contributed by atoms with Crippen LogP contribution in [0, 0.1) is 13.8 Å². The van der Waals surface area contributed by atoms with Crippen LogP contribution in [-0.4, -0.2) is 21.5 Å². The molecule has 0 spiro atoms. The van der Waals surface area contributed by atoms with Crippen LogP contribution in [0.5, 0.6) is 5.75 Å². The zero-order chi connectivity index (χ0) is 14.2. The van der Waals surface area contributed by atoms with Crippen LogP contribution < -0.4 is 14.4 Å². The molecule has 0 saturated carbocycles. The van der Waals surface area contributed by atoms with Crippen molar-refractivity contribution in [3.8, 4) is 5.75 Å². The molecule has 0 fully saturated rings. The Labute approximate surface area is 114 Å². The number of aromatic nitrogens is 3. The number of rotatable bonds is 2. The Morgan fingerprint density at radius 3 is 2.53 bits per heavy atom. The molecule has 0 radical (unpaired) electrons. The third-order valence-electron chi connectivity index (χ3n) is 2.92. The van der Waals surface area contributed by atoms with E-state index in [9.17, 15) is 4.79 Å². The van der Waals surface area contributed by atoms with Gasteiger partial charge in [0.2, 0.25) is 4.80 Å². The summed E-state index contributed by atoms with van der Waals surface area (Å²) in [6.07, 6.45) is 0. The molecule has 0 N–H and O–H groups in total. The fourth-order valence-electron chi connectivity index (χ4n) is 1.63. The molecule has 7 heteroatoms. The number of hydrogen-bond donors (Lipinski definition) is 0. The minimum Gasteiger partial charge on any atom is -0.495 e. The second kappa shape index (κ2) is 5.00. The third-order valence-corrected chi connectivity index (χ3v) is 3.90. The minimum atomic E-state index is -0.0517. The van der Waals surface area contributed by atoms with Gasteiger partial charge in [-0.1, -0.05) is 0 Å². The van der Waals surface area contributed by atoms with E-state index in [1.807, 2.05) is 19.9 Å². The first kappa shape index (κ1) is 13.5. The fraction of sp³-hybridized carbons (Fsp3) is 0.417. The number of pyridine rings is 1. The van der Waals surface area contributed by atoms with Gasteiger partial charge in [0.1, 0.15) is 5.75 Å². The minimum absolute atomic E-state index is 0.0517. The molecule has 2 heterocycles. The Balaban J connectivity index is 2.63. The highest BCUT2D eigenvalue weighted by Crippen LogP contribution is 2.23. The first-order chi connectivity index (χ1) is 8.93. The second-order valence-electron chi connectivity index (χ2n) is 4.23. The summed E-state index contributed by atoms with van der Waals surface area (Å²) in [5.41, 5.74) is 1.68. The smallest absolute Gasteiger partial charge is 0.324 e. The van der Waals surface area contributed by atoms with Crippen molar-refractivity contribution in [3.05, 3.63) is 31.8 Å². The molecular weight excluding hydrogens is 264 g/mol. The first-order valence-electron chi connectivity index (χ1n) is 5.74. The molecule has 0 amide bonds. The van der Waals surface area contributed by atoms with Crippen LogP contribution in [0.1, 0.15) is 11.3 Å². The molecule has 102 valence electrons. The summed E-state index contributed by atoms with van der Waals surface area (Å²) in [6, 6.07) is 1.90. The molecule has 0 saturated heterocycles. The number of aryl methyl sites for hydroxylation is 2. The van der Waals surface area contributed by atoms with E-state index in [1.54, 1.807) is 25.9 Å². The summed E-state index contributed by atoms with van der Waals surface area (Å²) in [5.74, 6) is 1.35. The third kappa shape index (κ3) is 2.46. The van der Waals surface area contributed by atoms with Crippen molar-refractivity contribution in [1.29, 1.82) is 0 Å². The predicted molar refractivity (Wildman–Crippen MR) is 74.0 cm³/mol. The van der Waals surface area contributed by atoms with Crippen LogP contribution in [-0.2, 0) is 14.1 Å². The molecule has 0 unspecified atom stereocenters. The highest BCUT2D eigenvalue weighted by atomic mass is 32.1. The van der Waals surface area contributed by atoms with Gasteiger partial charge in [0.25, 0.3) is 0 Å². The lowest BCUT2D eigenvalue weighted by molar-refractivity contribution is 0.409. The maximum atomic E-state index is 11.6. The topological polar surface area (TPSA) is 61.4 Å². The van der Waals surface area contributed by atoms with E-state index < -0.39 is 0 Å². The van der Waals surface area contributed by atoms with Crippen LogP contribution in [0.15, 0.2) is 15.9 Å². The van der Waals surface area contributed by atoms with Crippen LogP contribution in [0.3, 0.4) is 0 Å². The van der Waals surface area contributed by atoms with Crippen molar-refractivity contribution in [1.82, 2.24) is 14.3 Å². The van der Waals surface area contributed by atoms with Crippen LogP contribution >= 0.6 is 11.3 Å². The van der Waals surface area contributed by atoms with Gasteiger partial charge in [-0.3, -0.25) is 9.48 Å². The average molecular weight is 280 g/mol. The summed E-state index contributed by atoms with van der Waals surface area (Å²) < 4.78 is 8.43. The summed E-state index contributed by atoms with van der Waals surface area (Å²) in [6.45, 7) is 3.78. The average Bonchev–Trinajstić information content (AvgIpc) is 2.61. The van der Waals surface area contributed by atoms with Crippen LogP contribution in [0.4, 0.5) is 5.82 Å². The van der Waals surface area contributed by atoms with Gasteiger partial charge in [-0.25, -0.2) is 9.67 Å². The van der Waals surface area contributed by atoms with Crippen LogP contribution in [0.2, 0.25) is 0 Å². The van der Waals surface area contributed by atoms with Crippen molar-refractivity contribution in [2.24, 2.45) is 19.1 Å². The summed E-state index contributed by atoms with van der Waals surface area (Å²) in [5, 5.41) is 0. The van der Waals surface area contributed by atoms with Crippen molar-refractivity contribution in [3.63, 3.8) is 0 Å². The number of hydrogen-bond acceptors (Lipinski definition) is 5. The van der Waals surface area contributed by atoms with Gasteiger partial charge in [-0.05, 0) is 36.8 Å². The lowest BCUT2D eigenvalue weighted by Gasteiger charge is -2.06. The van der Waals surface area contributed by atoms with Crippen molar-refractivity contribution < 1.29 is 4.74 Å². The number of methoxy groups -OCH3 is 1. The number of nitrogens with zero attached hydrogens (tertiary/aromatic N) is 4. The quantitative estimate of drug-likeness (QED) is 0.825. The summed E-state index contributed by atoms with van der Waals surface area (Å²) >= 11 is 1.09. The number of ether oxygens (including phenoxy) is 1. The molecule has 2 rings (SSSR count). The van der Waals surface area contributed by atoms with Crippen molar-refractivity contribution >= 4 is 17.2 Å². The standard InChI is InChI=1S/C12H16N4O2S/c1-7-6-9(18-5)8(2)13-10(7)14-11-15(3)16(4)12(17)19-11/h6H,1-5H3. The van der Waals surface area contributed by atoms with Gasteiger partial charge in [0, 0.05) is 14.1 Å². The zero-order valence-corrected chi connectivity index (χ0v) is 12.4. The lowest BCUT2D eigenvalue weighted by atomic mass is 10.2. The molecule has 0 aromatic carbocycles. The zero-order valence-electron chi connectivity index (χ0n) is 11.6. The fourth-order valence-corrected chi connectivity index (χ4v) is 2.43. The second-order valence-corrected chi connectivity index (χ2v) is 5.14. The Bertz CT molecular complexity index is 739. The van der Waals surface area contributed by atoms with E-state index in [1.165, 1.54) is 4.68 Å². The largest absolute Gasteiger partial charge is 0.495 e. The monoisotopic (exact) mass is 280 g/mol. The van der Waals surface area contributed by atoms with Gasteiger partial charge >= 0.3 is 4.87 Å². The molecule has 2 aromatic heterocycles. The maximum Gasteiger partial charge on any atom is 0.324 e.